The SMILES string of the molecule is Cc1ccccc1[C@H]1CC(=O)c2cnc(N3CCCCC3)nc2C1. The molecular formula is C20H23N3O. The summed E-state index contributed by atoms with van der Waals surface area (Å²) in [5.41, 5.74) is 4.18. The predicted molar refractivity (Wildman–Crippen MR) is 94.7 cm³/mol. The summed E-state index contributed by atoms with van der Waals surface area (Å²) < 4.78 is 0. The van der Waals surface area contributed by atoms with Crippen LogP contribution >= 0.6 is 0 Å². The van der Waals surface area contributed by atoms with Gasteiger partial charge < -0.3 is 4.90 Å². The Morgan fingerprint density at radius 1 is 1.08 bits per heavy atom. The molecule has 1 saturated heterocycles. The van der Waals surface area contributed by atoms with Crippen LogP contribution in [-0.2, 0) is 6.42 Å². The third-order valence-corrected chi connectivity index (χ3v) is 5.29. The summed E-state index contributed by atoms with van der Waals surface area (Å²) in [6, 6.07) is 8.37. The first-order valence-electron chi connectivity index (χ1n) is 8.92. The molecule has 2 aliphatic rings. The van der Waals surface area contributed by atoms with Crippen molar-refractivity contribution in [1.29, 1.82) is 0 Å². The fraction of sp³-hybridized carbons (Fsp3) is 0.450. The molecule has 4 rings (SSSR count). The molecule has 4 nitrogen and oxygen atoms in total. The maximum Gasteiger partial charge on any atom is 0.225 e. The first-order valence-corrected chi connectivity index (χ1v) is 8.92. The first kappa shape index (κ1) is 15.3. The number of hydrogen-bond acceptors (Lipinski definition) is 4. The zero-order chi connectivity index (χ0) is 16.5. The van der Waals surface area contributed by atoms with Crippen molar-refractivity contribution >= 4 is 11.7 Å². The molecule has 24 heavy (non-hydrogen) atoms. The first-order chi connectivity index (χ1) is 11.7. The van der Waals surface area contributed by atoms with E-state index < -0.39 is 0 Å². The monoisotopic (exact) mass is 321 g/mol. The number of Topliss-reactive ketones (excluding diaryl/α,β-unsaturated/α-hetero) is 1. The Balaban J connectivity index is 1.65. The van der Waals surface area contributed by atoms with Crippen LogP contribution in [0.4, 0.5) is 5.95 Å². The number of hydrogen-bond donors (Lipinski definition) is 0. The van der Waals surface area contributed by atoms with Gasteiger partial charge in [-0.05, 0) is 49.7 Å². The van der Waals surface area contributed by atoms with E-state index in [4.69, 9.17) is 4.98 Å². The summed E-state index contributed by atoms with van der Waals surface area (Å²) in [7, 11) is 0. The minimum Gasteiger partial charge on any atom is -0.341 e. The summed E-state index contributed by atoms with van der Waals surface area (Å²) in [5, 5.41) is 0. The van der Waals surface area contributed by atoms with Gasteiger partial charge in [-0.3, -0.25) is 4.79 Å². The average Bonchev–Trinajstić information content (AvgIpc) is 2.62. The smallest absolute Gasteiger partial charge is 0.225 e. The van der Waals surface area contributed by atoms with Gasteiger partial charge in [0.25, 0.3) is 0 Å². The number of anilines is 1. The highest BCUT2D eigenvalue weighted by Gasteiger charge is 2.29. The van der Waals surface area contributed by atoms with E-state index in [1.807, 2.05) is 6.07 Å². The van der Waals surface area contributed by atoms with Crippen molar-refractivity contribution in [3.8, 4) is 0 Å². The molecule has 0 spiro atoms. The van der Waals surface area contributed by atoms with Crippen LogP contribution in [0.25, 0.3) is 0 Å². The third kappa shape index (κ3) is 2.81. The Labute approximate surface area is 142 Å². The minimum absolute atomic E-state index is 0.176. The van der Waals surface area contributed by atoms with Gasteiger partial charge in [-0.1, -0.05) is 24.3 Å². The molecule has 0 unspecified atom stereocenters. The van der Waals surface area contributed by atoms with Gasteiger partial charge in [-0.15, -0.1) is 0 Å². The number of carbonyl (C=O) groups excluding carboxylic acids is 1. The molecule has 0 radical (unpaired) electrons. The topological polar surface area (TPSA) is 46.1 Å². The Bertz CT molecular complexity index is 765. The predicted octanol–water partition coefficient (Wildman–Crippen LogP) is 3.69. The van der Waals surface area contributed by atoms with Gasteiger partial charge in [0.1, 0.15) is 0 Å². The zero-order valence-electron chi connectivity index (χ0n) is 14.2. The Kier molecular flexibility index (Phi) is 4.05. The highest BCUT2D eigenvalue weighted by atomic mass is 16.1. The average molecular weight is 321 g/mol. The summed E-state index contributed by atoms with van der Waals surface area (Å²) in [6.45, 7) is 4.16. The van der Waals surface area contributed by atoms with Gasteiger partial charge in [0.15, 0.2) is 5.78 Å². The second kappa shape index (κ2) is 6.34. The lowest BCUT2D eigenvalue weighted by atomic mass is 9.81. The van der Waals surface area contributed by atoms with E-state index in [2.05, 4.69) is 35.0 Å². The number of carbonyl (C=O) groups is 1. The van der Waals surface area contributed by atoms with Crippen molar-refractivity contribution in [2.75, 3.05) is 18.0 Å². The van der Waals surface area contributed by atoms with Gasteiger partial charge >= 0.3 is 0 Å². The highest BCUT2D eigenvalue weighted by molar-refractivity contribution is 5.98. The molecule has 1 aromatic carbocycles. The van der Waals surface area contributed by atoms with E-state index in [0.29, 0.717) is 6.42 Å². The number of nitrogens with zero attached hydrogens (tertiary/aromatic N) is 3. The summed E-state index contributed by atoms with van der Waals surface area (Å²) in [5.74, 6) is 1.21. The Morgan fingerprint density at radius 2 is 1.88 bits per heavy atom. The van der Waals surface area contributed by atoms with Gasteiger partial charge in [0.2, 0.25) is 5.95 Å². The van der Waals surface area contributed by atoms with Crippen LogP contribution in [0.5, 0.6) is 0 Å². The highest BCUT2D eigenvalue weighted by Crippen LogP contribution is 2.33. The second-order valence-corrected chi connectivity index (χ2v) is 6.96. The molecule has 1 fully saturated rings. The van der Waals surface area contributed by atoms with Gasteiger partial charge in [-0.25, -0.2) is 9.97 Å². The van der Waals surface area contributed by atoms with E-state index in [1.165, 1.54) is 30.4 Å². The largest absolute Gasteiger partial charge is 0.341 e. The summed E-state index contributed by atoms with van der Waals surface area (Å²) >= 11 is 0. The van der Waals surface area contributed by atoms with Crippen LogP contribution in [0.2, 0.25) is 0 Å². The van der Waals surface area contributed by atoms with Crippen molar-refractivity contribution in [3.05, 3.63) is 52.8 Å². The molecule has 0 N–H and O–H groups in total. The lowest BCUT2D eigenvalue weighted by Crippen LogP contribution is -2.32. The lowest BCUT2D eigenvalue weighted by Gasteiger charge is -2.29. The quantitative estimate of drug-likeness (QED) is 0.846. The minimum atomic E-state index is 0.176. The van der Waals surface area contributed by atoms with Crippen LogP contribution in [0.1, 0.15) is 58.8 Å². The number of benzene rings is 1. The molecule has 4 heteroatoms. The number of fused-ring (bicyclic) bond motifs is 1. The van der Waals surface area contributed by atoms with E-state index in [-0.39, 0.29) is 11.7 Å². The van der Waals surface area contributed by atoms with E-state index >= 15 is 0 Å². The molecule has 0 saturated carbocycles. The molecule has 1 aliphatic carbocycles. The van der Waals surface area contributed by atoms with E-state index in [9.17, 15) is 4.79 Å². The molecule has 124 valence electrons. The van der Waals surface area contributed by atoms with Crippen LogP contribution in [0.3, 0.4) is 0 Å². The second-order valence-electron chi connectivity index (χ2n) is 6.96. The molecule has 1 aromatic heterocycles. The van der Waals surface area contributed by atoms with Crippen molar-refractivity contribution in [2.45, 2.75) is 44.9 Å². The van der Waals surface area contributed by atoms with Crippen molar-refractivity contribution in [2.24, 2.45) is 0 Å². The Morgan fingerprint density at radius 3 is 2.67 bits per heavy atom. The molecule has 1 atom stereocenters. The maximum absolute atomic E-state index is 12.6. The number of ketones is 1. The van der Waals surface area contributed by atoms with E-state index in [1.54, 1.807) is 6.20 Å². The van der Waals surface area contributed by atoms with Gasteiger partial charge in [0, 0.05) is 25.7 Å². The molecule has 0 bridgehead atoms. The normalized spacial score (nSPS) is 20.8. The van der Waals surface area contributed by atoms with Crippen molar-refractivity contribution in [3.63, 3.8) is 0 Å². The van der Waals surface area contributed by atoms with Gasteiger partial charge in [0.05, 0.1) is 11.3 Å². The lowest BCUT2D eigenvalue weighted by molar-refractivity contribution is 0.0962. The van der Waals surface area contributed by atoms with Crippen LogP contribution in [0.15, 0.2) is 30.5 Å². The maximum atomic E-state index is 12.6. The fourth-order valence-electron chi connectivity index (χ4n) is 3.95. The fourth-order valence-corrected chi connectivity index (χ4v) is 3.95. The van der Waals surface area contributed by atoms with Crippen molar-refractivity contribution < 1.29 is 4.79 Å². The van der Waals surface area contributed by atoms with Gasteiger partial charge in [-0.2, -0.15) is 0 Å². The van der Waals surface area contributed by atoms with Crippen molar-refractivity contribution in [1.82, 2.24) is 9.97 Å². The molecule has 2 heterocycles. The molecule has 2 aromatic rings. The number of aryl methyl sites for hydroxylation is 1. The standard InChI is InChI=1S/C20H23N3O/c1-14-7-3-4-8-16(14)15-11-18-17(19(24)12-15)13-21-20(22-18)23-9-5-2-6-10-23/h3-4,7-8,13,15H,2,5-6,9-12H2,1H3/t15-/m1/s1. The molecule has 1 aliphatic heterocycles. The zero-order valence-corrected chi connectivity index (χ0v) is 14.2. The van der Waals surface area contributed by atoms with E-state index in [0.717, 1.165) is 36.7 Å². The van der Waals surface area contributed by atoms with Crippen LogP contribution in [-0.4, -0.2) is 28.8 Å². The number of aromatic nitrogens is 2. The summed E-state index contributed by atoms with van der Waals surface area (Å²) in [6.07, 6.45) is 6.83. The molecular weight excluding hydrogens is 298 g/mol. The Hall–Kier alpha value is -2.23. The molecule has 0 amide bonds. The number of rotatable bonds is 2. The third-order valence-electron chi connectivity index (χ3n) is 5.29. The summed E-state index contributed by atoms with van der Waals surface area (Å²) in [4.78, 5) is 24.1. The van der Waals surface area contributed by atoms with Crippen LogP contribution < -0.4 is 4.90 Å². The number of piperidine rings is 1. The van der Waals surface area contributed by atoms with Crippen LogP contribution in [0, 0.1) is 6.92 Å².